The molecule has 1 saturated heterocycles. The van der Waals surface area contributed by atoms with Crippen molar-refractivity contribution in [3.05, 3.63) is 51.0 Å². The number of carbonyl (C=O) groups excluding carboxylic acids is 1. The molecular formula is C25H31N5O2S. The van der Waals surface area contributed by atoms with Crippen LogP contribution in [-0.2, 0) is 19.5 Å². The van der Waals surface area contributed by atoms with Crippen molar-refractivity contribution in [3.63, 3.8) is 0 Å². The lowest BCUT2D eigenvalue weighted by atomic mass is 9.99. The minimum absolute atomic E-state index is 0.000491. The Morgan fingerprint density at radius 2 is 1.94 bits per heavy atom. The third kappa shape index (κ3) is 5.01. The Kier molecular flexibility index (Phi) is 6.55. The third-order valence-corrected chi connectivity index (χ3v) is 7.67. The van der Waals surface area contributed by atoms with Gasteiger partial charge in [0.15, 0.2) is 5.13 Å². The Balaban J connectivity index is 1.31. The quantitative estimate of drug-likeness (QED) is 0.616. The van der Waals surface area contributed by atoms with Gasteiger partial charge in [-0.15, -0.1) is 11.3 Å². The number of benzene rings is 1. The lowest BCUT2D eigenvalue weighted by Gasteiger charge is -2.29. The third-order valence-electron chi connectivity index (χ3n) is 6.86. The normalized spacial score (nSPS) is 18.0. The van der Waals surface area contributed by atoms with E-state index in [9.17, 15) is 9.59 Å². The molecule has 7 nitrogen and oxygen atoms in total. The van der Waals surface area contributed by atoms with Crippen LogP contribution in [-0.4, -0.2) is 38.4 Å². The van der Waals surface area contributed by atoms with Gasteiger partial charge in [-0.05, 0) is 62.9 Å². The molecule has 2 aliphatic heterocycles. The molecule has 4 heterocycles. The number of rotatable bonds is 4. The summed E-state index contributed by atoms with van der Waals surface area (Å²) in [6.07, 6.45) is 7.64. The van der Waals surface area contributed by atoms with Gasteiger partial charge in [0.1, 0.15) is 5.82 Å². The molecule has 1 aromatic carbocycles. The fourth-order valence-electron chi connectivity index (χ4n) is 4.79. The van der Waals surface area contributed by atoms with E-state index in [1.165, 1.54) is 30.6 Å². The van der Waals surface area contributed by atoms with E-state index in [0.717, 1.165) is 69.3 Å². The lowest BCUT2D eigenvalue weighted by Crippen LogP contribution is -2.32. The summed E-state index contributed by atoms with van der Waals surface area (Å²) >= 11 is 1.45. The van der Waals surface area contributed by atoms with Crippen molar-refractivity contribution in [1.29, 1.82) is 0 Å². The second-order valence-corrected chi connectivity index (χ2v) is 10.3. The Morgan fingerprint density at radius 3 is 2.79 bits per heavy atom. The minimum atomic E-state index is -0.224. The molecule has 0 bridgehead atoms. The molecule has 0 aliphatic carbocycles. The maximum Gasteiger partial charge on any atom is 0.261 e. The average molecular weight is 466 g/mol. The lowest BCUT2D eigenvalue weighted by molar-refractivity contribution is 0.102. The van der Waals surface area contributed by atoms with E-state index in [-0.39, 0.29) is 11.5 Å². The van der Waals surface area contributed by atoms with Crippen molar-refractivity contribution < 1.29 is 4.79 Å². The highest BCUT2D eigenvalue weighted by Crippen LogP contribution is 2.22. The summed E-state index contributed by atoms with van der Waals surface area (Å²) in [5, 5.41) is 6.12. The number of thiazole rings is 1. The highest BCUT2D eigenvalue weighted by Gasteiger charge is 2.18. The van der Waals surface area contributed by atoms with Gasteiger partial charge < -0.3 is 0 Å². The zero-order chi connectivity index (χ0) is 22.8. The number of nitrogens with zero attached hydrogens (tertiary/aromatic N) is 4. The van der Waals surface area contributed by atoms with Gasteiger partial charge in [0.25, 0.3) is 11.5 Å². The summed E-state index contributed by atoms with van der Waals surface area (Å²) in [5.74, 6) is 1.42. The van der Waals surface area contributed by atoms with Crippen molar-refractivity contribution in [2.75, 3.05) is 18.4 Å². The molecular weight excluding hydrogens is 434 g/mol. The number of likely N-dealkylation sites (tertiary alicyclic amines) is 1. The van der Waals surface area contributed by atoms with Gasteiger partial charge in [0.2, 0.25) is 0 Å². The first-order chi connectivity index (χ1) is 16.1. The Morgan fingerprint density at radius 1 is 1.12 bits per heavy atom. The van der Waals surface area contributed by atoms with Gasteiger partial charge in [-0.25, -0.2) is 9.97 Å². The Labute approximate surface area is 197 Å². The van der Waals surface area contributed by atoms with Crippen LogP contribution in [0.15, 0.2) is 28.4 Å². The maximum atomic E-state index is 13.0. The average Bonchev–Trinajstić information content (AvgIpc) is 3.23. The SMILES string of the molecule is CC1CCN(Cc2csc(NC(=O)c3ccc4c(=O)n5c(nc4c3)CCCCCC5)n2)CC1. The molecule has 3 aromatic rings. The van der Waals surface area contributed by atoms with Crippen LogP contribution in [0.3, 0.4) is 0 Å². The number of aryl methyl sites for hydroxylation is 1. The summed E-state index contributed by atoms with van der Waals surface area (Å²) in [5.41, 5.74) is 2.09. The van der Waals surface area contributed by atoms with Crippen molar-refractivity contribution in [2.24, 2.45) is 5.92 Å². The Hall–Kier alpha value is -2.58. The smallest absolute Gasteiger partial charge is 0.261 e. The summed E-state index contributed by atoms with van der Waals surface area (Å²) in [6, 6.07) is 5.17. The van der Waals surface area contributed by atoms with Gasteiger partial charge in [-0.2, -0.15) is 0 Å². The van der Waals surface area contributed by atoms with Crippen molar-refractivity contribution in [3.8, 4) is 0 Å². The zero-order valence-corrected chi connectivity index (χ0v) is 20.0. The van der Waals surface area contributed by atoms with Gasteiger partial charge in [0, 0.05) is 30.5 Å². The first kappa shape index (κ1) is 22.2. The summed E-state index contributed by atoms with van der Waals surface area (Å²) in [7, 11) is 0. The van der Waals surface area contributed by atoms with Gasteiger partial charge in [-0.1, -0.05) is 19.8 Å². The molecule has 0 unspecified atom stereocenters. The molecule has 1 amide bonds. The largest absolute Gasteiger partial charge is 0.298 e. The number of hydrogen-bond donors (Lipinski definition) is 1. The molecule has 1 fully saturated rings. The summed E-state index contributed by atoms with van der Waals surface area (Å²) in [6.45, 7) is 6.07. The predicted molar refractivity (Wildman–Crippen MR) is 132 cm³/mol. The minimum Gasteiger partial charge on any atom is -0.298 e. The van der Waals surface area contributed by atoms with Gasteiger partial charge in [0.05, 0.1) is 16.6 Å². The Bertz CT molecular complexity index is 1210. The van der Waals surface area contributed by atoms with Crippen molar-refractivity contribution in [2.45, 2.75) is 65.0 Å². The van der Waals surface area contributed by atoms with Crippen LogP contribution in [0.2, 0.25) is 0 Å². The highest BCUT2D eigenvalue weighted by atomic mass is 32.1. The van der Waals surface area contributed by atoms with Crippen LogP contribution in [0.5, 0.6) is 0 Å². The summed E-state index contributed by atoms with van der Waals surface area (Å²) in [4.78, 5) is 37.7. The molecule has 5 rings (SSSR count). The second-order valence-electron chi connectivity index (χ2n) is 9.44. The van der Waals surface area contributed by atoms with Gasteiger partial charge in [-0.3, -0.25) is 24.4 Å². The molecule has 0 spiro atoms. The monoisotopic (exact) mass is 465 g/mol. The maximum absolute atomic E-state index is 13.0. The van der Waals surface area contributed by atoms with E-state index in [1.54, 1.807) is 18.2 Å². The molecule has 0 atom stereocenters. The number of carbonyl (C=O) groups is 1. The van der Waals surface area contributed by atoms with Crippen molar-refractivity contribution in [1.82, 2.24) is 19.4 Å². The van der Waals surface area contributed by atoms with Crippen LogP contribution in [0.25, 0.3) is 10.9 Å². The molecule has 174 valence electrons. The van der Waals surface area contributed by atoms with Crippen molar-refractivity contribution >= 4 is 33.3 Å². The topological polar surface area (TPSA) is 80.1 Å². The highest BCUT2D eigenvalue weighted by molar-refractivity contribution is 7.14. The molecule has 0 radical (unpaired) electrons. The number of amides is 1. The van der Waals surface area contributed by atoms with Gasteiger partial charge >= 0.3 is 0 Å². The molecule has 2 aliphatic rings. The fraction of sp³-hybridized carbons (Fsp3) is 0.520. The first-order valence-electron chi connectivity index (χ1n) is 12.1. The molecule has 0 saturated carbocycles. The zero-order valence-electron chi connectivity index (χ0n) is 19.2. The van der Waals surface area contributed by atoms with Crippen LogP contribution >= 0.6 is 11.3 Å². The van der Waals surface area contributed by atoms with E-state index < -0.39 is 0 Å². The number of piperidine rings is 1. The van der Waals surface area contributed by atoms with E-state index in [2.05, 4.69) is 22.1 Å². The second kappa shape index (κ2) is 9.73. The molecule has 8 heteroatoms. The number of anilines is 1. The van der Waals surface area contributed by atoms with Crippen LogP contribution in [0.4, 0.5) is 5.13 Å². The van der Waals surface area contributed by atoms with E-state index in [4.69, 9.17) is 4.98 Å². The van der Waals surface area contributed by atoms with Crippen LogP contribution in [0, 0.1) is 5.92 Å². The number of fused-ring (bicyclic) bond motifs is 2. The van der Waals surface area contributed by atoms with Crippen LogP contribution in [0.1, 0.15) is 67.3 Å². The van der Waals surface area contributed by atoms with Crippen LogP contribution < -0.4 is 10.9 Å². The number of nitrogens with one attached hydrogen (secondary N) is 1. The van der Waals surface area contributed by atoms with E-state index in [1.807, 2.05) is 9.95 Å². The standard InChI is InChI=1S/C25H31N5O2S/c1-17-9-12-29(13-10-17)15-19-16-33-25(26-19)28-23(31)18-7-8-20-21(14-18)27-22-6-4-2-3-5-11-30(22)24(20)32/h7-8,14,16-17H,2-6,9-13,15H2,1H3,(H,26,28,31). The molecule has 33 heavy (non-hydrogen) atoms. The summed E-state index contributed by atoms with van der Waals surface area (Å²) < 4.78 is 1.82. The van der Waals surface area contributed by atoms with E-state index >= 15 is 0 Å². The number of aromatic nitrogens is 3. The van der Waals surface area contributed by atoms with E-state index in [0.29, 0.717) is 21.6 Å². The molecule has 2 aromatic heterocycles. The number of hydrogen-bond acceptors (Lipinski definition) is 6. The molecule has 1 N–H and O–H groups in total. The predicted octanol–water partition coefficient (Wildman–Crippen LogP) is 4.45. The fourth-order valence-corrected chi connectivity index (χ4v) is 5.49. The first-order valence-corrected chi connectivity index (χ1v) is 13.0.